The Morgan fingerprint density at radius 3 is 2.92 bits per heavy atom. The molecule has 1 aliphatic rings. The molecule has 1 aromatic heterocycles. The number of rotatable bonds is 4. The van der Waals surface area contributed by atoms with E-state index in [0.717, 1.165) is 40.2 Å². The normalized spacial score (nSPS) is 13.1. The number of ether oxygens (including phenoxy) is 1. The zero-order valence-electron chi connectivity index (χ0n) is 13.9. The Balaban J connectivity index is 1.54. The van der Waals surface area contributed by atoms with E-state index in [1.165, 1.54) is 17.3 Å². The molecule has 1 amide bonds. The van der Waals surface area contributed by atoms with Crippen LogP contribution in [-0.2, 0) is 11.2 Å². The van der Waals surface area contributed by atoms with E-state index in [4.69, 9.17) is 4.74 Å². The van der Waals surface area contributed by atoms with Gasteiger partial charge in [-0.25, -0.2) is 4.98 Å². The molecule has 0 radical (unpaired) electrons. The third-order valence-electron chi connectivity index (χ3n) is 4.47. The number of aromatic nitrogens is 1. The number of nitrogens with zero attached hydrogens (tertiary/aromatic N) is 2. The van der Waals surface area contributed by atoms with Crippen LogP contribution in [0.4, 0.5) is 5.69 Å². The molecule has 0 fully saturated rings. The van der Waals surface area contributed by atoms with Crippen molar-refractivity contribution in [3.05, 3.63) is 60.3 Å². The highest BCUT2D eigenvalue weighted by molar-refractivity contribution is 8.00. The number of anilines is 1. The minimum Gasteiger partial charge on any atom is -0.496 e. The molecule has 0 atom stereocenters. The van der Waals surface area contributed by atoms with E-state index < -0.39 is 0 Å². The van der Waals surface area contributed by atoms with E-state index in [1.54, 1.807) is 13.3 Å². The second kappa shape index (κ2) is 6.76. The van der Waals surface area contributed by atoms with Crippen LogP contribution in [0.15, 0.2) is 59.8 Å². The van der Waals surface area contributed by atoms with Gasteiger partial charge in [0.15, 0.2) is 0 Å². The van der Waals surface area contributed by atoms with Crippen molar-refractivity contribution in [1.82, 2.24) is 4.98 Å². The van der Waals surface area contributed by atoms with E-state index in [2.05, 4.69) is 11.1 Å². The molecule has 4 nitrogen and oxygen atoms in total. The number of carbonyl (C=O) groups excluding carboxylic acids is 1. The standard InChI is InChI=1S/C20H18N2O2S/c1-24-18-8-4-6-16-15(18)9-11-21-20(16)25-13-19(23)22-12-10-14-5-2-3-7-17(14)22/h2-9,11H,10,12-13H2,1H3. The fraction of sp³-hybridized carbons (Fsp3) is 0.200. The lowest BCUT2D eigenvalue weighted by Gasteiger charge is -2.17. The Morgan fingerprint density at radius 1 is 1.16 bits per heavy atom. The number of methoxy groups -OCH3 is 1. The second-order valence-electron chi connectivity index (χ2n) is 5.88. The first kappa shape index (κ1) is 16.0. The van der Waals surface area contributed by atoms with Gasteiger partial charge in [-0.2, -0.15) is 0 Å². The number of fused-ring (bicyclic) bond motifs is 2. The third-order valence-corrected chi connectivity index (χ3v) is 5.46. The molecular formula is C20H18N2O2S. The van der Waals surface area contributed by atoms with Crippen LogP contribution >= 0.6 is 11.8 Å². The van der Waals surface area contributed by atoms with Gasteiger partial charge in [0.2, 0.25) is 5.91 Å². The number of benzene rings is 2. The van der Waals surface area contributed by atoms with Crippen LogP contribution in [0.25, 0.3) is 10.8 Å². The zero-order chi connectivity index (χ0) is 17.2. The lowest BCUT2D eigenvalue weighted by atomic mass is 10.1. The predicted octanol–water partition coefficient (Wildman–Crippen LogP) is 3.92. The summed E-state index contributed by atoms with van der Waals surface area (Å²) in [5.41, 5.74) is 2.29. The van der Waals surface area contributed by atoms with Gasteiger partial charge < -0.3 is 9.64 Å². The average molecular weight is 350 g/mol. The van der Waals surface area contributed by atoms with Crippen molar-refractivity contribution < 1.29 is 9.53 Å². The van der Waals surface area contributed by atoms with Gasteiger partial charge >= 0.3 is 0 Å². The highest BCUT2D eigenvalue weighted by Crippen LogP contribution is 2.33. The Kier molecular flexibility index (Phi) is 4.32. The molecule has 2 aromatic carbocycles. The van der Waals surface area contributed by atoms with Crippen LogP contribution in [0.5, 0.6) is 5.75 Å². The first-order chi connectivity index (χ1) is 12.3. The van der Waals surface area contributed by atoms with Gasteiger partial charge in [-0.05, 0) is 30.2 Å². The van der Waals surface area contributed by atoms with Gasteiger partial charge in [-0.3, -0.25) is 4.79 Å². The number of amides is 1. The number of hydrogen-bond donors (Lipinski definition) is 0. The van der Waals surface area contributed by atoms with Crippen LogP contribution in [-0.4, -0.2) is 30.3 Å². The van der Waals surface area contributed by atoms with Crippen LogP contribution in [0.1, 0.15) is 5.56 Å². The lowest BCUT2D eigenvalue weighted by Crippen LogP contribution is -2.30. The SMILES string of the molecule is COc1cccc2c(SCC(=O)N3CCc4ccccc43)nccc12. The van der Waals surface area contributed by atoms with E-state index in [1.807, 2.05) is 47.4 Å². The first-order valence-corrected chi connectivity index (χ1v) is 9.19. The summed E-state index contributed by atoms with van der Waals surface area (Å²) in [6.07, 6.45) is 2.69. The number of para-hydroxylation sites is 1. The molecule has 5 heteroatoms. The average Bonchev–Trinajstić information content (AvgIpc) is 3.09. The molecule has 0 unspecified atom stereocenters. The Labute approximate surface area is 150 Å². The van der Waals surface area contributed by atoms with Crippen molar-refractivity contribution in [3.63, 3.8) is 0 Å². The molecule has 0 saturated heterocycles. The summed E-state index contributed by atoms with van der Waals surface area (Å²) in [7, 11) is 1.66. The molecule has 0 bridgehead atoms. The highest BCUT2D eigenvalue weighted by Gasteiger charge is 2.24. The number of hydrogen-bond acceptors (Lipinski definition) is 4. The summed E-state index contributed by atoms with van der Waals surface area (Å²) >= 11 is 1.48. The van der Waals surface area contributed by atoms with E-state index in [9.17, 15) is 4.79 Å². The maximum atomic E-state index is 12.7. The summed E-state index contributed by atoms with van der Waals surface area (Å²) < 4.78 is 5.42. The topological polar surface area (TPSA) is 42.4 Å². The molecule has 1 aliphatic heterocycles. The molecule has 0 N–H and O–H groups in total. The summed E-state index contributed by atoms with van der Waals surface area (Å²) in [5, 5.41) is 2.89. The number of carbonyl (C=O) groups is 1. The fourth-order valence-electron chi connectivity index (χ4n) is 3.25. The van der Waals surface area contributed by atoms with Crippen molar-refractivity contribution in [3.8, 4) is 5.75 Å². The van der Waals surface area contributed by atoms with Crippen molar-refractivity contribution in [2.75, 3.05) is 24.3 Å². The van der Waals surface area contributed by atoms with Gasteiger partial charge in [0.1, 0.15) is 10.8 Å². The summed E-state index contributed by atoms with van der Waals surface area (Å²) in [6, 6.07) is 16.0. The largest absolute Gasteiger partial charge is 0.496 e. The van der Waals surface area contributed by atoms with E-state index in [0.29, 0.717) is 5.75 Å². The molecule has 0 spiro atoms. The van der Waals surface area contributed by atoms with Crippen molar-refractivity contribution in [1.29, 1.82) is 0 Å². The van der Waals surface area contributed by atoms with Crippen molar-refractivity contribution >= 4 is 34.1 Å². The molecule has 0 saturated carbocycles. The maximum Gasteiger partial charge on any atom is 0.237 e. The van der Waals surface area contributed by atoms with Crippen LogP contribution < -0.4 is 9.64 Å². The van der Waals surface area contributed by atoms with Crippen LogP contribution in [0.3, 0.4) is 0 Å². The minimum absolute atomic E-state index is 0.122. The third kappa shape index (κ3) is 2.96. The monoisotopic (exact) mass is 350 g/mol. The van der Waals surface area contributed by atoms with Crippen LogP contribution in [0.2, 0.25) is 0 Å². The van der Waals surface area contributed by atoms with Crippen molar-refractivity contribution in [2.45, 2.75) is 11.4 Å². The first-order valence-electron chi connectivity index (χ1n) is 8.21. The van der Waals surface area contributed by atoms with E-state index in [-0.39, 0.29) is 5.91 Å². The molecule has 2 heterocycles. The van der Waals surface area contributed by atoms with Crippen LogP contribution in [0, 0.1) is 0 Å². The molecule has 0 aliphatic carbocycles. The maximum absolute atomic E-state index is 12.7. The van der Waals surface area contributed by atoms with Gasteiger partial charge in [-0.15, -0.1) is 0 Å². The number of thioether (sulfide) groups is 1. The van der Waals surface area contributed by atoms with Gasteiger partial charge in [-0.1, -0.05) is 42.1 Å². The van der Waals surface area contributed by atoms with Crippen molar-refractivity contribution in [2.24, 2.45) is 0 Å². The van der Waals surface area contributed by atoms with Gasteiger partial charge in [0.05, 0.1) is 12.9 Å². The van der Waals surface area contributed by atoms with E-state index >= 15 is 0 Å². The quantitative estimate of drug-likeness (QED) is 0.669. The Bertz CT molecular complexity index is 942. The molecule has 126 valence electrons. The predicted molar refractivity (Wildman–Crippen MR) is 102 cm³/mol. The smallest absolute Gasteiger partial charge is 0.237 e. The van der Waals surface area contributed by atoms with Gasteiger partial charge in [0, 0.05) is 29.2 Å². The summed E-state index contributed by atoms with van der Waals surface area (Å²) in [6.45, 7) is 0.759. The van der Waals surface area contributed by atoms with Gasteiger partial charge in [0.25, 0.3) is 0 Å². The summed E-state index contributed by atoms with van der Waals surface area (Å²) in [4.78, 5) is 19.0. The molecule has 25 heavy (non-hydrogen) atoms. The highest BCUT2D eigenvalue weighted by atomic mass is 32.2. The molecular weight excluding hydrogens is 332 g/mol. The lowest BCUT2D eigenvalue weighted by molar-refractivity contribution is -0.116. The molecule has 4 rings (SSSR count). The summed E-state index contributed by atoms with van der Waals surface area (Å²) in [5.74, 6) is 1.32. The Morgan fingerprint density at radius 2 is 2.04 bits per heavy atom. The minimum atomic E-state index is 0.122. The Hall–Kier alpha value is -2.53. The fourth-order valence-corrected chi connectivity index (χ4v) is 4.13. The number of pyridine rings is 1. The zero-order valence-corrected chi connectivity index (χ0v) is 14.8. The molecule has 3 aromatic rings. The second-order valence-corrected chi connectivity index (χ2v) is 6.85.